The third kappa shape index (κ3) is 3.23. The summed E-state index contributed by atoms with van der Waals surface area (Å²) >= 11 is 1.72. The zero-order chi connectivity index (χ0) is 15.5. The van der Waals surface area contributed by atoms with Crippen molar-refractivity contribution >= 4 is 11.3 Å². The van der Waals surface area contributed by atoms with E-state index in [-0.39, 0.29) is 11.9 Å². The molecular weight excluding hydrogens is 301 g/mol. The van der Waals surface area contributed by atoms with Crippen LogP contribution in [0.15, 0.2) is 46.2 Å². The van der Waals surface area contributed by atoms with Crippen molar-refractivity contribution in [3.8, 4) is 11.5 Å². The number of hydrogen-bond donors (Lipinski definition) is 0. The van der Waals surface area contributed by atoms with Crippen molar-refractivity contribution in [1.82, 2.24) is 15.1 Å². The molecule has 0 amide bonds. The van der Waals surface area contributed by atoms with Crippen LogP contribution in [0.3, 0.4) is 0 Å². The first-order valence-corrected chi connectivity index (χ1v) is 7.83. The van der Waals surface area contributed by atoms with Gasteiger partial charge in [0.1, 0.15) is 5.82 Å². The van der Waals surface area contributed by atoms with Crippen LogP contribution in [0.5, 0.6) is 0 Å². The number of benzene rings is 1. The molecule has 0 saturated carbocycles. The normalized spacial score (nSPS) is 12.7. The molecule has 0 unspecified atom stereocenters. The lowest BCUT2D eigenvalue weighted by molar-refractivity contribution is 0.219. The van der Waals surface area contributed by atoms with E-state index in [4.69, 9.17) is 4.42 Å². The minimum atomic E-state index is -0.285. The van der Waals surface area contributed by atoms with Crippen LogP contribution in [-0.4, -0.2) is 22.1 Å². The van der Waals surface area contributed by atoms with Crippen LogP contribution >= 0.6 is 11.3 Å². The smallest absolute Gasteiger partial charge is 0.247 e. The molecule has 0 aliphatic heterocycles. The maximum Gasteiger partial charge on any atom is 0.247 e. The lowest BCUT2D eigenvalue weighted by atomic mass is 10.2. The van der Waals surface area contributed by atoms with Gasteiger partial charge in [0, 0.05) is 17.0 Å². The predicted octanol–water partition coefficient (Wildman–Crippen LogP) is 4.13. The van der Waals surface area contributed by atoms with E-state index in [0.29, 0.717) is 17.3 Å². The van der Waals surface area contributed by atoms with E-state index >= 15 is 0 Å². The van der Waals surface area contributed by atoms with Crippen molar-refractivity contribution in [3.05, 3.63) is 58.4 Å². The third-order valence-electron chi connectivity index (χ3n) is 3.54. The molecule has 0 bridgehead atoms. The van der Waals surface area contributed by atoms with E-state index < -0.39 is 0 Å². The van der Waals surface area contributed by atoms with Crippen LogP contribution in [0.2, 0.25) is 0 Å². The molecule has 6 heteroatoms. The Morgan fingerprint density at radius 3 is 2.68 bits per heavy atom. The number of halogens is 1. The number of rotatable bonds is 5. The number of nitrogens with zero attached hydrogens (tertiary/aromatic N) is 3. The van der Waals surface area contributed by atoms with Gasteiger partial charge in [-0.15, -0.1) is 21.5 Å². The Kier molecular flexibility index (Phi) is 4.31. The Morgan fingerprint density at radius 2 is 2.00 bits per heavy atom. The van der Waals surface area contributed by atoms with Crippen molar-refractivity contribution in [2.75, 3.05) is 7.05 Å². The third-order valence-corrected chi connectivity index (χ3v) is 4.40. The molecule has 0 aliphatic rings. The largest absolute Gasteiger partial charge is 0.419 e. The fraction of sp³-hybridized carbons (Fsp3) is 0.250. The molecule has 2 aromatic heterocycles. The molecule has 0 N–H and O–H groups in total. The molecule has 0 aliphatic carbocycles. The van der Waals surface area contributed by atoms with Crippen LogP contribution in [0, 0.1) is 5.82 Å². The minimum Gasteiger partial charge on any atom is -0.419 e. The maximum atomic E-state index is 12.9. The molecule has 2 heterocycles. The van der Waals surface area contributed by atoms with E-state index in [9.17, 15) is 4.39 Å². The Hall–Kier alpha value is -2.05. The Labute approximate surface area is 132 Å². The van der Waals surface area contributed by atoms with Gasteiger partial charge in [0.25, 0.3) is 0 Å². The molecule has 0 spiro atoms. The molecule has 0 radical (unpaired) electrons. The van der Waals surface area contributed by atoms with Gasteiger partial charge in [0.2, 0.25) is 11.8 Å². The highest BCUT2D eigenvalue weighted by Crippen LogP contribution is 2.25. The molecule has 0 fully saturated rings. The second-order valence-electron chi connectivity index (χ2n) is 5.12. The van der Waals surface area contributed by atoms with Crippen molar-refractivity contribution in [2.45, 2.75) is 19.5 Å². The molecule has 3 rings (SSSR count). The van der Waals surface area contributed by atoms with Crippen LogP contribution in [-0.2, 0) is 6.54 Å². The lowest BCUT2D eigenvalue weighted by Gasteiger charge is -2.20. The first kappa shape index (κ1) is 14.9. The molecule has 1 aromatic carbocycles. The number of hydrogen-bond acceptors (Lipinski definition) is 5. The van der Waals surface area contributed by atoms with Gasteiger partial charge >= 0.3 is 0 Å². The summed E-state index contributed by atoms with van der Waals surface area (Å²) in [5, 5.41) is 10.2. The molecule has 3 aromatic rings. The van der Waals surface area contributed by atoms with E-state index in [2.05, 4.69) is 26.5 Å². The van der Waals surface area contributed by atoms with Crippen molar-refractivity contribution in [1.29, 1.82) is 0 Å². The number of aromatic nitrogens is 2. The maximum absolute atomic E-state index is 12.9. The summed E-state index contributed by atoms with van der Waals surface area (Å²) in [6.45, 7) is 2.85. The molecular formula is C16H16FN3OS. The number of thiophene rings is 1. The Morgan fingerprint density at radius 1 is 1.23 bits per heavy atom. The summed E-state index contributed by atoms with van der Waals surface area (Å²) in [6, 6.07) is 10.2. The molecule has 1 atom stereocenters. The van der Waals surface area contributed by atoms with Gasteiger partial charge in [0.15, 0.2) is 0 Å². The lowest BCUT2D eigenvalue weighted by Crippen LogP contribution is -2.21. The quantitative estimate of drug-likeness (QED) is 0.709. The predicted molar refractivity (Wildman–Crippen MR) is 83.9 cm³/mol. The molecule has 114 valence electrons. The Bertz CT molecular complexity index is 724. The second kappa shape index (κ2) is 6.37. The average molecular weight is 317 g/mol. The van der Waals surface area contributed by atoms with E-state index in [1.807, 2.05) is 20.0 Å². The summed E-state index contributed by atoms with van der Waals surface area (Å²) in [4.78, 5) is 3.43. The van der Waals surface area contributed by atoms with Gasteiger partial charge in [-0.25, -0.2) is 4.39 Å². The van der Waals surface area contributed by atoms with Crippen LogP contribution < -0.4 is 0 Å². The molecule has 0 saturated heterocycles. The van der Waals surface area contributed by atoms with Gasteiger partial charge in [0.05, 0.1) is 6.04 Å². The zero-order valence-electron chi connectivity index (χ0n) is 12.4. The first-order chi connectivity index (χ1) is 10.6. The van der Waals surface area contributed by atoms with Crippen LogP contribution in [0.1, 0.15) is 23.7 Å². The fourth-order valence-electron chi connectivity index (χ4n) is 2.09. The summed E-state index contributed by atoms with van der Waals surface area (Å²) in [7, 11) is 2.02. The van der Waals surface area contributed by atoms with Gasteiger partial charge in [-0.05, 0) is 49.7 Å². The summed E-state index contributed by atoms with van der Waals surface area (Å²) in [5.74, 6) is 0.678. The average Bonchev–Trinajstić information content (AvgIpc) is 3.18. The van der Waals surface area contributed by atoms with Crippen molar-refractivity contribution < 1.29 is 8.81 Å². The monoisotopic (exact) mass is 317 g/mol. The van der Waals surface area contributed by atoms with E-state index in [0.717, 1.165) is 6.54 Å². The fourth-order valence-corrected chi connectivity index (χ4v) is 2.85. The van der Waals surface area contributed by atoms with Crippen LogP contribution in [0.25, 0.3) is 11.5 Å². The van der Waals surface area contributed by atoms with Gasteiger partial charge in [-0.3, -0.25) is 4.90 Å². The van der Waals surface area contributed by atoms with Gasteiger partial charge in [-0.2, -0.15) is 0 Å². The summed E-state index contributed by atoms with van der Waals surface area (Å²) in [6.07, 6.45) is 0. The Balaban J connectivity index is 1.73. The SMILES string of the molecule is C[C@@H](c1nnc(-c2ccc(F)cc2)o1)N(C)Cc1cccs1. The highest BCUT2D eigenvalue weighted by molar-refractivity contribution is 7.09. The highest BCUT2D eigenvalue weighted by Gasteiger charge is 2.19. The van der Waals surface area contributed by atoms with E-state index in [1.54, 1.807) is 23.5 Å². The highest BCUT2D eigenvalue weighted by atomic mass is 32.1. The van der Waals surface area contributed by atoms with Crippen molar-refractivity contribution in [2.24, 2.45) is 0 Å². The van der Waals surface area contributed by atoms with Gasteiger partial charge < -0.3 is 4.42 Å². The van der Waals surface area contributed by atoms with Crippen molar-refractivity contribution in [3.63, 3.8) is 0 Å². The first-order valence-electron chi connectivity index (χ1n) is 6.95. The second-order valence-corrected chi connectivity index (χ2v) is 6.16. The zero-order valence-corrected chi connectivity index (χ0v) is 13.2. The summed E-state index contributed by atoms with van der Waals surface area (Å²) < 4.78 is 18.7. The van der Waals surface area contributed by atoms with Crippen LogP contribution in [0.4, 0.5) is 4.39 Å². The van der Waals surface area contributed by atoms with E-state index in [1.165, 1.54) is 17.0 Å². The minimum absolute atomic E-state index is 0.00352. The summed E-state index contributed by atoms with van der Waals surface area (Å²) in [5.41, 5.74) is 0.716. The molecule has 4 nitrogen and oxygen atoms in total. The standard InChI is InChI=1S/C16H16FN3OS/c1-11(20(2)10-14-4-3-9-22-14)15-18-19-16(21-15)12-5-7-13(17)8-6-12/h3-9,11H,10H2,1-2H3/t11-/m0/s1. The topological polar surface area (TPSA) is 42.2 Å². The molecule has 22 heavy (non-hydrogen) atoms. The van der Waals surface area contributed by atoms with Gasteiger partial charge in [-0.1, -0.05) is 6.07 Å².